The molecule has 1 aromatic carbocycles. The van der Waals surface area contributed by atoms with Crippen molar-refractivity contribution in [3.05, 3.63) is 57.1 Å². The Morgan fingerprint density at radius 1 is 1.29 bits per heavy atom. The van der Waals surface area contributed by atoms with Gasteiger partial charge in [0.15, 0.2) is 10.4 Å². The molecule has 0 aliphatic rings. The van der Waals surface area contributed by atoms with Crippen molar-refractivity contribution in [2.45, 2.75) is 20.3 Å². The summed E-state index contributed by atoms with van der Waals surface area (Å²) >= 11 is 2.03. The van der Waals surface area contributed by atoms with E-state index in [4.69, 9.17) is 9.15 Å². The molecule has 0 saturated carbocycles. The number of carbonyl (C=O) groups is 2. The Balaban J connectivity index is 1.87. The summed E-state index contributed by atoms with van der Waals surface area (Å²) in [6.07, 6.45) is 3.54. The fraction of sp³-hybridized carbons (Fsp3) is 0.222. The molecule has 5 nitrogen and oxygen atoms in total. The number of nitrogens with one attached hydrogen (secondary N) is 1. The van der Waals surface area contributed by atoms with Crippen molar-refractivity contribution in [2.75, 3.05) is 11.9 Å². The molecule has 0 atom stereocenters. The first-order valence-corrected chi connectivity index (χ1v) is 8.56. The topological polar surface area (TPSA) is 68.5 Å². The van der Waals surface area contributed by atoms with Gasteiger partial charge in [0.25, 0.3) is 5.91 Å². The molecular formula is C18H18INO4. The number of anilines is 1. The zero-order chi connectivity index (χ0) is 17.5. The summed E-state index contributed by atoms with van der Waals surface area (Å²) in [6, 6.07) is 9.36. The van der Waals surface area contributed by atoms with Gasteiger partial charge in [-0.3, -0.25) is 4.79 Å². The number of ether oxygens (including phenoxy) is 1. The van der Waals surface area contributed by atoms with Gasteiger partial charge >= 0.3 is 5.97 Å². The van der Waals surface area contributed by atoms with E-state index >= 15 is 0 Å². The fourth-order valence-electron chi connectivity index (χ4n) is 2.13. The number of furan rings is 1. The van der Waals surface area contributed by atoms with Crippen LogP contribution < -0.4 is 5.32 Å². The SMILES string of the molecule is CCc1cccc(C)c1NC(=O)COC(=O)/C=C/c1ccc(I)o1. The number of amides is 1. The van der Waals surface area contributed by atoms with Gasteiger partial charge in [0.05, 0.1) is 0 Å². The van der Waals surface area contributed by atoms with Crippen molar-refractivity contribution in [3.63, 3.8) is 0 Å². The van der Waals surface area contributed by atoms with Crippen LogP contribution in [0.25, 0.3) is 6.08 Å². The molecule has 0 unspecified atom stereocenters. The largest absolute Gasteiger partial charge is 0.452 e. The highest BCUT2D eigenvalue weighted by molar-refractivity contribution is 14.1. The molecule has 1 aromatic heterocycles. The highest BCUT2D eigenvalue weighted by Crippen LogP contribution is 2.20. The summed E-state index contributed by atoms with van der Waals surface area (Å²) in [7, 11) is 0. The van der Waals surface area contributed by atoms with Crippen LogP contribution in [0.5, 0.6) is 0 Å². The van der Waals surface area contributed by atoms with Crippen molar-refractivity contribution in [1.82, 2.24) is 0 Å². The number of halogens is 1. The van der Waals surface area contributed by atoms with Gasteiger partial charge in [-0.1, -0.05) is 25.1 Å². The summed E-state index contributed by atoms with van der Waals surface area (Å²) in [6.45, 7) is 3.61. The van der Waals surface area contributed by atoms with Gasteiger partial charge in [-0.15, -0.1) is 0 Å². The third kappa shape index (κ3) is 5.23. The minimum Gasteiger partial charge on any atom is -0.452 e. The van der Waals surface area contributed by atoms with Gasteiger partial charge in [-0.05, 0) is 65.3 Å². The Morgan fingerprint density at radius 2 is 2.08 bits per heavy atom. The maximum absolute atomic E-state index is 12.0. The molecule has 24 heavy (non-hydrogen) atoms. The monoisotopic (exact) mass is 439 g/mol. The van der Waals surface area contributed by atoms with Gasteiger partial charge in [-0.2, -0.15) is 0 Å². The van der Waals surface area contributed by atoms with Crippen molar-refractivity contribution >= 4 is 46.2 Å². The summed E-state index contributed by atoms with van der Waals surface area (Å²) in [5, 5.41) is 2.80. The molecule has 0 saturated heterocycles. The normalized spacial score (nSPS) is 10.8. The molecule has 0 aliphatic heterocycles. The molecule has 0 bridgehead atoms. The molecule has 2 rings (SSSR count). The second kappa shape index (κ2) is 8.68. The summed E-state index contributed by atoms with van der Waals surface area (Å²) in [5.41, 5.74) is 2.80. The Hall–Kier alpha value is -2.09. The van der Waals surface area contributed by atoms with Gasteiger partial charge in [-0.25, -0.2) is 4.79 Å². The number of benzene rings is 1. The highest BCUT2D eigenvalue weighted by atomic mass is 127. The van der Waals surface area contributed by atoms with Crippen LogP contribution in [0.3, 0.4) is 0 Å². The predicted molar refractivity (Wildman–Crippen MR) is 101 cm³/mol. The number of aryl methyl sites for hydroxylation is 2. The van der Waals surface area contributed by atoms with E-state index in [9.17, 15) is 9.59 Å². The van der Waals surface area contributed by atoms with E-state index in [1.54, 1.807) is 12.1 Å². The lowest BCUT2D eigenvalue weighted by molar-refractivity contribution is -0.142. The maximum Gasteiger partial charge on any atom is 0.331 e. The number of rotatable bonds is 6. The quantitative estimate of drug-likeness (QED) is 0.421. The summed E-state index contributed by atoms with van der Waals surface area (Å²) in [4.78, 5) is 23.6. The molecule has 0 spiro atoms. The zero-order valence-electron chi connectivity index (χ0n) is 13.5. The Bertz CT molecular complexity index is 764. The molecule has 0 radical (unpaired) electrons. The molecule has 126 valence electrons. The lowest BCUT2D eigenvalue weighted by atomic mass is 10.1. The average Bonchev–Trinajstić information content (AvgIpc) is 2.98. The summed E-state index contributed by atoms with van der Waals surface area (Å²) < 4.78 is 11.0. The number of carbonyl (C=O) groups excluding carboxylic acids is 2. The van der Waals surface area contributed by atoms with Crippen LogP contribution >= 0.6 is 22.6 Å². The smallest absolute Gasteiger partial charge is 0.331 e. The van der Waals surface area contributed by atoms with Gasteiger partial charge in [0.1, 0.15) is 5.76 Å². The van der Waals surface area contributed by atoms with Crippen LogP contribution in [0.15, 0.2) is 40.8 Å². The lowest BCUT2D eigenvalue weighted by Crippen LogP contribution is -2.21. The number of hydrogen-bond acceptors (Lipinski definition) is 4. The van der Waals surface area contributed by atoms with Crippen molar-refractivity contribution < 1.29 is 18.7 Å². The predicted octanol–water partition coefficient (Wildman–Crippen LogP) is 3.95. The highest BCUT2D eigenvalue weighted by Gasteiger charge is 2.10. The van der Waals surface area contributed by atoms with Gasteiger partial charge < -0.3 is 14.5 Å². The number of para-hydroxylation sites is 1. The molecule has 1 heterocycles. The Labute approximate surface area is 154 Å². The summed E-state index contributed by atoms with van der Waals surface area (Å²) in [5.74, 6) is -0.418. The third-order valence-corrected chi connectivity index (χ3v) is 3.91. The van der Waals surface area contributed by atoms with Crippen molar-refractivity contribution in [3.8, 4) is 0 Å². The number of hydrogen-bond donors (Lipinski definition) is 1. The molecule has 0 fully saturated rings. The number of esters is 1. The Kier molecular flexibility index (Phi) is 6.60. The first-order valence-electron chi connectivity index (χ1n) is 7.48. The van der Waals surface area contributed by atoms with Gasteiger partial charge in [0.2, 0.25) is 0 Å². The fourth-order valence-corrected chi connectivity index (χ4v) is 2.56. The lowest BCUT2D eigenvalue weighted by Gasteiger charge is -2.12. The maximum atomic E-state index is 12.0. The first kappa shape index (κ1) is 18.3. The van der Waals surface area contributed by atoms with E-state index in [-0.39, 0.29) is 12.5 Å². The molecular weight excluding hydrogens is 421 g/mol. The van der Waals surface area contributed by atoms with Gasteiger partial charge in [0, 0.05) is 11.8 Å². The van der Waals surface area contributed by atoms with Crippen LogP contribution in [-0.2, 0) is 20.7 Å². The van der Waals surface area contributed by atoms with E-state index in [0.717, 1.165) is 27.0 Å². The second-order valence-electron chi connectivity index (χ2n) is 5.09. The van der Waals surface area contributed by atoms with Crippen LogP contribution in [0, 0.1) is 10.7 Å². The van der Waals surface area contributed by atoms with Crippen molar-refractivity contribution in [1.29, 1.82) is 0 Å². The van der Waals surface area contributed by atoms with E-state index in [2.05, 4.69) is 5.32 Å². The minimum absolute atomic E-state index is 0.337. The van der Waals surface area contributed by atoms with Crippen LogP contribution in [0.2, 0.25) is 0 Å². The average molecular weight is 439 g/mol. The Morgan fingerprint density at radius 3 is 2.75 bits per heavy atom. The molecule has 1 N–H and O–H groups in total. The molecule has 6 heteroatoms. The van der Waals surface area contributed by atoms with Crippen LogP contribution in [0.1, 0.15) is 23.8 Å². The van der Waals surface area contributed by atoms with Crippen molar-refractivity contribution in [2.24, 2.45) is 0 Å². The zero-order valence-corrected chi connectivity index (χ0v) is 15.6. The van der Waals surface area contributed by atoms with E-state index in [1.165, 1.54) is 12.2 Å². The standard InChI is InChI=1S/C18H18INO4/c1-3-13-6-4-5-12(2)18(13)20-16(21)11-23-17(22)10-8-14-7-9-15(19)24-14/h4-10H,3,11H2,1-2H3,(H,20,21)/b10-8+. The van der Waals surface area contributed by atoms with Crippen LogP contribution in [0.4, 0.5) is 5.69 Å². The molecule has 0 aliphatic carbocycles. The van der Waals surface area contributed by atoms with E-state index < -0.39 is 5.97 Å². The molecule has 1 amide bonds. The van der Waals surface area contributed by atoms with Crippen LogP contribution in [-0.4, -0.2) is 18.5 Å². The van der Waals surface area contributed by atoms with E-state index in [1.807, 2.05) is 54.6 Å². The third-order valence-electron chi connectivity index (χ3n) is 3.33. The van der Waals surface area contributed by atoms with E-state index in [0.29, 0.717) is 5.76 Å². The molecule has 2 aromatic rings. The second-order valence-corrected chi connectivity index (χ2v) is 6.16. The minimum atomic E-state index is -0.600. The first-order chi connectivity index (χ1) is 11.5.